The topological polar surface area (TPSA) is 65.1 Å². The molecule has 0 atom stereocenters. The van der Waals surface area contributed by atoms with Gasteiger partial charge in [-0.15, -0.1) is 0 Å². The van der Waals surface area contributed by atoms with Crippen molar-refractivity contribution in [2.75, 3.05) is 0 Å². The van der Waals surface area contributed by atoms with Gasteiger partial charge in [-0.05, 0) is 18.6 Å². The Labute approximate surface area is 110 Å². The number of hydrogen-bond acceptors (Lipinski definition) is 3. The first kappa shape index (κ1) is 13.0. The second-order valence-corrected chi connectivity index (χ2v) is 4.22. The summed E-state index contributed by atoms with van der Waals surface area (Å²) < 4.78 is 1.86. The minimum atomic E-state index is -0.498. The number of aryl methyl sites for hydroxylation is 1. The fourth-order valence-corrected chi connectivity index (χ4v) is 1.96. The van der Waals surface area contributed by atoms with E-state index in [4.69, 9.17) is 0 Å². The maximum Gasteiger partial charge on any atom is 0.270 e. The van der Waals surface area contributed by atoms with Gasteiger partial charge in [0.05, 0.1) is 10.6 Å². The van der Waals surface area contributed by atoms with Crippen molar-refractivity contribution in [3.63, 3.8) is 0 Å². The summed E-state index contributed by atoms with van der Waals surface area (Å²) in [5, 5.41) is 10.7. The van der Waals surface area contributed by atoms with Gasteiger partial charge in [-0.3, -0.25) is 14.9 Å². The fourth-order valence-electron chi connectivity index (χ4n) is 1.96. The smallest absolute Gasteiger partial charge is 0.270 e. The van der Waals surface area contributed by atoms with Gasteiger partial charge < -0.3 is 4.57 Å². The zero-order valence-corrected chi connectivity index (χ0v) is 10.6. The molecule has 0 saturated heterocycles. The van der Waals surface area contributed by atoms with Gasteiger partial charge in [-0.25, -0.2) is 0 Å². The average Bonchev–Trinajstić information content (AvgIpc) is 2.86. The van der Waals surface area contributed by atoms with Gasteiger partial charge in [-0.1, -0.05) is 19.1 Å². The summed E-state index contributed by atoms with van der Waals surface area (Å²) in [6.07, 6.45) is 2.76. The van der Waals surface area contributed by atoms with E-state index in [9.17, 15) is 14.9 Å². The molecule has 0 N–H and O–H groups in total. The largest absolute Gasteiger partial charge is 0.345 e. The number of nitro groups is 1. The molecule has 0 fully saturated rings. The third-order valence-electron chi connectivity index (χ3n) is 2.85. The molecule has 1 aromatic heterocycles. The van der Waals surface area contributed by atoms with Gasteiger partial charge >= 0.3 is 0 Å². The van der Waals surface area contributed by atoms with E-state index in [2.05, 4.69) is 0 Å². The molecule has 0 unspecified atom stereocenters. The molecule has 0 aliphatic heterocycles. The Balaban J connectivity index is 2.36. The lowest BCUT2D eigenvalue weighted by atomic mass is 10.1. The molecule has 0 saturated carbocycles. The van der Waals surface area contributed by atoms with E-state index in [1.54, 1.807) is 18.2 Å². The van der Waals surface area contributed by atoms with Gasteiger partial charge in [0.2, 0.25) is 5.78 Å². The molecule has 5 nitrogen and oxygen atoms in total. The van der Waals surface area contributed by atoms with Gasteiger partial charge in [0, 0.05) is 30.4 Å². The lowest BCUT2D eigenvalue weighted by Crippen LogP contribution is -2.09. The van der Waals surface area contributed by atoms with Crippen LogP contribution in [0.1, 0.15) is 29.4 Å². The van der Waals surface area contributed by atoms with Crippen LogP contribution in [0.25, 0.3) is 0 Å². The molecular weight excluding hydrogens is 244 g/mol. The summed E-state index contributed by atoms with van der Waals surface area (Å²) in [7, 11) is 0. The van der Waals surface area contributed by atoms with Crippen LogP contribution >= 0.6 is 0 Å². The number of non-ortho nitro benzene ring substituents is 1. The molecule has 2 rings (SSSR count). The minimum absolute atomic E-state index is 0.0700. The number of benzene rings is 1. The van der Waals surface area contributed by atoms with Gasteiger partial charge in [0.15, 0.2) is 0 Å². The summed E-state index contributed by atoms with van der Waals surface area (Å²) in [6.45, 7) is 2.78. The minimum Gasteiger partial charge on any atom is -0.345 e. The highest BCUT2D eigenvalue weighted by molar-refractivity contribution is 6.08. The molecule has 2 aromatic rings. The molecule has 0 bridgehead atoms. The lowest BCUT2D eigenvalue weighted by Gasteiger charge is -2.06. The predicted molar refractivity (Wildman–Crippen MR) is 71.3 cm³/mol. The van der Waals surface area contributed by atoms with Gasteiger partial charge in [-0.2, -0.15) is 0 Å². The van der Waals surface area contributed by atoms with Gasteiger partial charge in [0.25, 0.3) is 5.69 Å². The van der Waals surface area contributed by atoms with Crippen LogP contribution in [-0.4, -0.2) is 15.3 Å². The number of carbonyl (C=O) groups is 1. The molecule has 1 aromatic carbocycles. The standard InChI is InChI=1S/C14H14N2O3/c1-2-8-15-9-4-7-13(15)14(17)11-5-3-6-12(10-11)16(18)19/h3-7,9-10H,2,8H2,1H3. The predicted octanol–water partition coefficient (Wildman–Crippen LogP) is 3.04. The molecule has 0 aliphatic rings. The Morgan fingerprint density at radius 1 is 1.32 bits per heavy atom. The first-order chi connectivity index (χ1) is 9.13. The van der Waals surface area contributed by atoms with Crippen LogP contribution in [0.3, 0.4) is 0 Å². The third-order valence-corrected chi connectivity index (χ3v) is 2.85. The summed E-state index contributed by atoms with van der Waals surface area (Å²) in [5.41, 5.74) is 0.826. The van der Waals surface area contributed by atoms with Crippen LogP contribution in [0, 0.1) is 10.1 Å². The summed E-state index contributed by atoms with van der Waals surface area (Å²) in [5.74, 6) is -0.192. The number of ketones is 1. The van der Waals surface area contributed by atoms with E-state index in [1.165, 1.54) is 18.2 Å². The Kier molecular flexibility index (Phi) is 3.75. The Morgan fingerprint density at radius 3 is 2.79 bits per heavy atom. The van der Waals surface area contributed by atoms with Crippen molar-refractivity contribution in [2.24, 2.45) is 0 Å². The zero-order chi connectivity index (χ0) is 13.8. The molecule has 98 valence electrons. The molecular formula is C14H14N2O3. The summed E-state index contributed by atoms with van der Waals surface area (Å²) >= 11 is 0. The lowest BCUT2D eigenvalue weighted by molar-refractivity contribution is -0.384. The van der Waals surface area contributed by atoms with E-state index in [0.717, 1.165) is 13.0 Å². The normalized spacial score (nSPS) is 10.4. The second-order valence-electron chi connectivity index (χ2n) is 4.22. The van der Waals surface area contributed by atoms with E-state index in [1.807, 2.05) is 17.7 Å². The highest BCUT2D eigenvalue weighted by Crippen LogP contribution is 2.17. The third kappa shape index (κ3) is 2.70. The van der Waals surface area contributed by atoms with E-state index >= 15 is 0 Å². The Hall–Kier alpha value is -2.43. The highest BCUT2D eigenvalue weighted by Gasteiger charge is 2.15. The monoisotopic (exact) mass is 258 g/mol. The maximum atomic E-state index is 12.3. The Morgan fingerprint density at radius 2 is 2.11 bits per heavy atom. The number of aromatic nitrogens is 1. The van der Waals surface area contributed by atoms with Crippen molar-refractivity contribution in [1.82, 2.24) is 4.57 Å². The first-order valence-electron chi connectivity index (χ1n) is 6.07. The van der Waals surface area contributed by atoms with Crippen molar-refractivity contribution in [1.29, 1.82) is 0 Å². The van der Waals surface area contributed by atoms with Crippen LogP contribution < -0.4 is 0 Å². The van der Waals surface area contributed by atoms with Crippen LogP contribution in [-0.2, 0) is 6.54 Å². The van der Waals surface area contributed by atoms with E-state index in [0.29, 0.717) is 11.3 Å². The van der Waals surface area contributed by atoms with E-state index < -0.39 is 4.92 Å². The number of carbonyl (C=O) groups excluding carboxylic acids is 1. The molecule has 0 radical (unpaired) electrons. The Bertz CT molecular complexity index is 617. The molecule has 1 heterocycles. The van der Waals surface area contributed by atoms with Gasteiger partial charge in [0.1, 0.15) is 0 Å². The van der Waals surface area contributed by atoms with Crippen LogP contribution in [0.2, 0.25) is 0 Å². The van der Waals surface area contributed by atoms with Crippen molar-refractivity contribution in [3.8, 4) is 0 Å². The number of rotatable bonds is 5. The van der Waals surface area contributed by atoms with Crippen LogP contribution in [0.15, 0.2) is 42.6 Å². The quantitative estimate of drug-likeness (QED) is 0.470. The van der Waals surface area contributed by atoms with Crippen molar-refractivity contribution < 1.29 is 9.72 Å². The van der Waals surface area contributed by atoms with Crippen molar-refractivity contribution in [3.05, 3.63) is 64.0 Å². The summed E-state index contributed by atoms with van der Waals surface area (Å²) in [6, 6.07) is 9.35. The average molecular weight is 258 g/mol. The van der Waals surface area contributed by atoms with Crippen LogP contribution in [0.5, 0.6) is 0 Å². The fraction of sp³-hybridized carbons (Fsp3) is 0.214. The molecule has 0 amide bonds. The summed E-state index contributed by atoms with van der Waals surface area (Å²) in [4.78, 5) is 22.6. The number of nitrogens with zero attached hydrogens (tertiary/aromatic N) is 2. The highest BCUT2D eigenvalue weighted by atomic mass is 16.6. The molecule has 5 heteroatoms. The molecule has 0 aliphatic carbocycles. The number of nitro benzene ring substituents is 1. The maximum absolute atomic E-state index is 12.3. The molecule has 0 spiro atoms. The van der Waals surface area contributed by atoms with E-state index in [-0.39, 0.29) is 11.5 Å². The van der Waals surface area contributed by atoms with Crippen molar-refractivity contribution in [2.45, 2.75) is 19.9 Å². The SMILES string of the molecule is CCCn1cccc1C(=O)c1cccc([N+](=O)[O-])c1. The first-order valence-corrected chi connectivity index (χ1v) is 6.07. The number of hydrogen-bond donors (Lipinski definition) is 0. The zero-order valence-electron chi connectivity index (χ0n) is 10.6. The van der Waals surface area contributed by atoms with Crippen molar-refractivity contribution >= 4 is 11.5 Å². The van der Waals surface area contributed by atoms with Crippen LogP contribution in [0.4, 0.5) is 5.69 Å². The second kappa shape index (κ2) is 5.48. The molecule has 19 heavy (non-hydrogen) atoms.